The highest BCUT2D eigenvalue weighted by Crippen LogP contribution is 2.19. The SMILES string of the molecule is CCOC(=O)C1CCN(C(=O)CNc2ccc(C(=O)NC(C)C)cc2)CC1. The summed E-state index contributed by atoms with van der Waals surface area (Å²) in [5.74, 6) is -0.383. The lowest BCUT2D eigenvalue weighted by Crippen LogP contribution is -2.43. The standard InChI is InChI=1S/C20H29N3O4/c1-4-27-20(26)16-9-11-23(12-10-16)18(24)13-21-17-7-5-15(6-8-17)19(25)22-14(2)3/h5-8,14,16,21H,4,9-13H2,1-3H3,(H,22,25). The summed E-state index contributed by atoms with van der Waals surface area (Å²) in [5, 5.41) is 5.93. The molecule has 1 aromatic carbocycles. The van der Waals surface area contributed by atoms with E-state index >= 15 is 0 Å². The molecule has 7 heteroatoms. The summed E-state index contributed by atoms with van der Waals surface area (Å²) in [6.07, 6.45) is 1.29. The van der Waals surface area contributed by atoms with Crippen LogP contribution in [0.5, 0.6) is 0 Å². The van der Waals surface area contributed by atoms with E-state index in [1.54, 1.807) is 36.1 Å². The first kappa shape index (κ1) is 20.7. The Morgan fingerprint density at radius 2 is 1.78 bits per heavy atom. The number of nitrogens with zero attached hydrogens (tertiary/aromatic N) is 1. The Hall–Kier alpha value is -2.57. The molecule has 0 aromatic heterocycles. The third kappa shape index (κ3) is 6.27. The number of nitrogens with one attached hydrogen (secondary N) is 2. The van der Waals surface area contributed by atoms with Gasteiger partial charge in [0, 0.05) is 30.4 Å². The molecule has 148 valence electrons. The van der Waals surface area contributed by atoms with Crippen LogP contribution in [0.3, 0.4) is 0 Å². The second kappa shape index (κ2) is 9.94. The molecule has 7 nitrogen and oxygen atoms in total. The molecule has 2 amide bonds. The monoisotopic (exact) mass is 375 g/mol. The predicted molar refractivity (Wildman–Crippen MR) is 103 cm³/mol. The Balaban J connectivity index is 1.77. The van der Waals surface area contributed by atoms with Crippen LogP contribution in [-0.2, 0) is 14.3 Å². The van der Waals surface area contributed by atoms with Crippen LogP contribution in [0.4, 0.5) is 5.69 Å². The first-order valence-electron chi connectivity index (χ1n) is 9.50. The topological polar surface area (TPSA) is 87.7 Å². The lowest BCUT2D eigenvalue weighted by molar-refractivity contribution is -0.151. The summed E-state index contributed by atoms with van der Waals surface area (Å²) in [4.78, 5) is 37.8. The second-order valence-electron chi connectivity index (χ2n) is 6.97. The molecule has 1 aliphatic heterocycles. The Morgan fingerprint density at radius 3 is 2.33 bits per heavy atom. The average Bonchev–Trinajstić information content (AvgIpc) is 2.66. The lowest BCUT2D eigenvalue weighted by atomic mass is 9.97. The fraction of sp³-hybridized carbons (Fsp3) is 0.550. The van der Waals surface area contributed by atoms with Crippen LogP contribution in [0.15, 0.2) is 24.3 Å². The molecule has 0 atom stereocenters. The maximum atomic E-state index is 12.4. The Kier molecular flexibility index (Phi) is 7.64. The highest BCUT2D eigenvalue weighted by atomic mass is 16.5. The molecule has 0 radical (unpaired) electrons. The molecule has 2 rings (SSSR count). The predicted octanol–water partition coefficient (Wildman–Crippen LogP) is 2.04. The van der Waals surface area contributed by atoms with Gasteiger partial charge in [0.25, 0.3) is 5.91 Å². The number of benzene rings is 1. The maximum absolute atomic E-state index is 12.4. The van der Waals surface area contributed by atoms with Crippen molar-refractivity contribution in [1.82, 2.24) is 10.2 Å². The van der Waals surface area contributed by atoms with Crippen LogP contribution < -0.4 is 10.6 Å². The van der Waals surface area contributed by atoms with Gasteiger partial charge in [0.1, 0.15) is 0 Å². The van der Waals surface area contributed by atoms with Gasteiger partial charge in [-0.15, -0.1) is 0 Å². The van der Waals surface area contributed by atoms with Gasteiger partial charge in [0.05, 0.1) is 19.1 Å². The summed E-state index contributed by atoms with van der Waals surface area (Å²) < 4.78 is 5.05. The molecular formula is C20H29N3O4. The van der Waals surface area contributed by atoms with Crippen molar-refractivity contribution in [1.29, 1.82) is 0 Å². The normalized spacial score (nSPS) is 14.7. The number of ether oxygens (including phenoxy) is 1. The largest absolute Gasteiger partial charge is 0.466 e. The molecule has 0 bridgehead atoms. The molecular weight excluding hydrogens is 346 g/mol. The molecule has 2 N–H and O–H groups in total. The smallest absolute Gasteiger partial charge is 0.309 e. The summed E-state index contributed by atoms with van der Waals surface area (Å²) in [7, 11) is 0. The minimum Gasteiger partial charge on any atom is -0.466 e. The van der Waals surface area contributed by atoms with Crippen LogP contribution in [0.25, 0.3) is 0 Å². The minimum atomic E-state index is -0.163. The molecule has 1 aromatic rings. The van der Waals surface area contributed by atoms with Gasteiger partial charge in [-0.3, -0.25) is 14.4 Å². The zero-order valence-corrected chi connectivity index (χ0v) is 16.3. The van der Waals surface area contributed by atoms with Gasteiger partial charge in [-0.25, -0.2) is 0 Å². The number of hydrogen-bond acceptors (Lipinski definition) is 5. The van der Waals surface area contributed by atoms with E-state index in [4.69, 9.17) is 4.74 Å². The molecule has 1 heterocycles. The van der Waals surface area contributed by atoms with E-state index in [0.717, 1.165) is 5.69 Å². The van der Waals surface area contributed by atoms with E-state index < -0.39 is 0 Å². The van der Waals surface area contributed by atoms with E-state index in [2.05, 4.69) is 10.6 Å². The summed E-state index contributed by atoms with van der Waals surface area (Å²) in [5.41, 5.74) is 1.37. The zero-order valence-electron chi connectivity index (χ0n) is 16.3. The molecule has 27 heavy (non-hydrogen) atoms. The molecule has 0 unspecified atom stereocenters. The van der Waals surface area contributed by atoms with Crippen molar-refractivity contribution < 1.29 is 19.1 Å². The number of amides is 2. The van der Waals surface area contributed by atoms with Crippen LogP contribution in [0.2, 0.25) is 0 Å². The first-order valence-corrected chi connectivity index (χ1v) is 9.50. The molecule has 0 aliphatic carbocycles. The zero-order chi connectivity index (χ0) is 19.8. The minimum absolute atomic E-state index is 0.000985. The molecule has 1 aliphatic rings. The summed E-state index contributed by atoms with van der Waals surface area (Å²) in [6, 6.07) is 7.12. The number of hydrogen-bond donors (Lipinski definition) is 2. The van der Waals surface area contributed by atoms with Crippen molar-refractivity contribution in [3.63, 3.8) is 0 Å². The lowest BCUT2D eigenvalue weighted by Gasteiger charge is -2.31. The molecule has 0 saturated carbocycles. The maximum Gasteiger partial charge on any atom is 0.309 e. The number of esters is 1. The first-order chi connectivity index (χ1) is 12.9. The van der Waals surface area contributed by atoms with Crippen molar-refractivity contribution >= 4 is 23.5 Å². The van der Waals surface area contributed by atoms with Crippen molar-refractivity contribution in [3.05, 3.63) is 29.8 Å². The van der Waals surface area contributed by atoms with Crippen molar-refractivity contribution in [2.75, 3.05) is 31.6 Å². The van der Waals surface area contributed by atoms with E-state index in [1.165, 1.54) is 0 Å². The van der Waals surface area contributed by atoms with E-state index in [-0.39, 0.29) is 36.3 Å². The Labute approximate surface area is 160 Å². The quantitative estimate of drug-likeness (QED) is 0.712. The number of anilines is 1. The van der Waals surface area contributed by atoms with E-state index in [9.17, 15) is 14.4 Å². The number of piperidine rings is 1. The fourth-order valence-electron chi connectivity index (χ4n) is 3.00. The van der Waals surface area contributed by atoms with Crippen molar-refractivity contribution in [2.45, 2.75) is 39.7 Å². The van der Waals surface area contributed by atoms with Crippen molar-refractivity contribution in [3.8, 4) is 0 Å². The van der Waals surface area contributed by atoms with Crippen LogP contribution >= 0.6 is 0 Å². The number of carbonyl (C=O) groups excluding carboxylic acids is 3. The Bertz CT molecular complexity index is 650. The molecule has 1 saturated heterocycles. The Morgan fingerprint density at radius 1 is 1.15 bits per heavy atom. The van der Waals surface area contributed by atoms with Crippen LogP contribution in [0.1, 0.15) is 44.0 Å². The van der Waals surface area contributed by atoms with Crippen molar-refractivity contribution in [2.24, 2.45) is 5.92 Å². The van der Waals surface area contributed by atoms with Crippen LogP contribution in [0, 0.1) is 5.92 Å². The molecule has 1 fully saturated rings. The third-order valence-corrected chi connectivity index (χ3v) is 4.48. The van der Waals surface area contributed by atoms with Gasteiger partial charge in [-0.05, 0) is 57.9 Å². The van der Waals surface area contributed by atoms with Crippen LogP contribution in [-0.4, -0.2) is 55.0 Å². The summed E-state index contributed by atoms with van der Waals surface area (Å²) >= 11 is 0. The number of rotatable bonds is 7. The van der Waals surface area contributed by atoms with Gasteiger partial charge in [-0.2, -0.15) is 0 Å². The number of likely N-dealkylation sites (tertiary alicyclic amines) is 1. The van der Waals surface area contributed by atoms with Gasteiger partial charge < -0.3 is 20.3 Å². The highest BCUT2D eigenvalue weighted by Gasteiger charge is 2.27. The third-order valence-electron chi connectivity index (χ3n) is 4.48. The van der Waals surface area contributed by atoms with E-state index in [1.807, 2.05) is 13.8 Å². The fourth-order valence-corrected chi connectivity index (χ4v) is 3.00. The van der Waals surface area contributed by atoms with Gasteiger partial charge in [0.2, 0.25) is 5.91 Å². The molecule has 0 spiro atoms. The van der Waals surface area contributed by atoms with E-state index in [0.29, 0.717) is 38.1 Å². The van der Waals surface area contributed by atoms with Gasteiger partial charge in [0.15, 0.2) is 0 Å². The second-order valence-corrected chi connectivity index (χ2v) is 6.97. The van der Waals surface area contributed by atoms with Gasteiger partial charge >= 0.3 is 5.97 Å². The number of carbonyl (C=O) groups is 3. The van der Waals surface area contributed by atoms with Gasteiger partial charge in [-0.1, -0.05) is 0 Å². The average molecular weight is 375 g/mol. The highest BCUT2D eigenvalue weighted by molar-refractivity contribution is 5.94. The summed E-state index contributed by atoms with van der Waals surface area (Å²) in [6.45, 7) is 7.33.